The Bertz CT molecular complexity index is 385. The van der Waals surface area contributed by atoms with E-state index in [2.05, 4.69) is 5.32 Å². The first kappa shape index (κ1) is 11.6. The lowest BCUT2D eigenvalue weighted by Crippen LogP contribution is -2.08. The zero-order valence-corrected chi connectivity index (χ0v) is 9.20. The molecule has 5 heteroatoms. The van der Waals surface area contributed by atoms with Gasteiger partial charge >= 0.3 is 6.18 Å². The fourth-order valence-electron chi connectivity index (χ4n) is 1.41. The van der Waals surface area contributed by atoms with E-state index in [0.29, 0.717) is 23.2 Å². The van der Waals surface area contributed by atoms with Gasteiger partial charge in [-0.15, -0.1) is 0 Å². The molecule has 1 nitrogen and oxygen atoms in total. The molecule has 0 radical (unpaired) electrons. The molecule has 1 aromatic carbocycles. The zero-order chi connectivity index (χ0) is 11.8. The van der Waals surface area contributed by atoms with Gasteiger partial charge in [0.25, 0.3) is 0 Å². The molecule has 1 saturated carbocycles. The highest BCUT2D eigenvalue weighted by molar-refractivity contribution is 6.33. The maximum absolute atomic E-state index is 12.4. The van der Waals surface area contributed by atoms with E-state index >= 15 is 0 Å². The van der Waals surface area contributed by atoms with Gasteiger partial charge in [0, 0.05) is 6.54 Å². The number of alkyl halides is 3. The van der Waals surface area contributed by atoms with Crippen LogP contribution in [0.25, 0.3) is 0 Å². The van der Waals surface area contributed by atoms with Crippen molar-refractivity contribution in [1.82, 2.24) is 0 Å². The number of hydrogen-bond donors (Lipinski definition) is 1. The van der Waals surface area contributed by atoms with Crippen LogP contribution >= 0.6 is 11.6 Å². The molecule has 16 heavy (non-hydrogen) atoms. The Morgan fingerprint density at radius 1 is 1.31 bits per heavy atom. The minimum Gasteiger partial charge on any atom is -0.384 e. The normalized spacial score (nSPS) is 16.2. The van der Waals surface area contributed by atoms with E-state index in [1.807, 2.05) is 0 Å². The second kappa shape index (κ2) is 4.17. The largest absolute Gasteiger partial charge is 0.416 e. The van der Waals surface area contributed by atoms with Crippen LogP contribution in [0.4, 0.5) is 18.9 Å². The van der Waals surface area contributed by atoms with Crippen LogP contribution in [-0.4, -0.2) is 6.54 Å². The molecule has 0 amide bonds. The molecule has 1 aliphatic rings. The Morgan fingerprint density at radius 2 is 2.00 bits per heavy atom. The number of rotatable bonds is 3. The molecule has 1 aromatic rings. The van der Waals surface area contributed by atoms with Gasteiger partial charge < -0.3 is 5.32 Å². The van der Waals surface area contributed by atoms with Gasteiger partial charge in [-0.05, 0) is 37.0 Å². The van der Waals surface area contributed by atoms with Crippen molar-refractivity contribution in [3.63, 3.8) is 0 Å². The second-order valence-electron chi connectivity index (χ2n) is 4.02. The number of nitrogens with one attached hydrogen (secondary N) is 1. The molecule has 0 heterocycles. The summed E-state index contributed by atoms with van der Waals surface area (Å²) >= 11 is 5.82. The highest BCUT2D eigenvalue weighted by Gasteiger charge is 2.31. The Labute approximate surface area is 96.6 Å². The van der Waals surface area contributed by atoms with Crippen LogP contribution in [0.15, 0.2) is 18.2 Å². The van der Waals surface area contributed by atoms with Crippen LogP contribution < -0.4 is 5.32 Å². The lowest BCUT2D eigenvalue weighted by atomic mass is 10.2. The van der Waals surface area contributed by atoms with Crippen molar-refractivity contribution in [2.45, 2.75) is 19.0 Å². The SMILES string of the molecule is FC(F)(F)c1ccc(Cl)c(NCC2CC2)c1. The minimum atomic E-state index is -4.32. The van der Waals surface area contributed by atoms with Gasteiger partial charge in [-0.3, -0.25) is 0 Å². The molecular formula is C11H11ClF3N. The maximum Gasteiger partial charge on any atom is 0.416 e. The quantitative estimate of drug-likeness (QED) is 0.847. The van der Waals surface area contributed by atoms with Gasteiger partial charge in [0.15, 0.2) is 0 Å². The number of anilines is 1. The molecule has 1 N–H and O–H groups in total. The van der Waals surface area contributed by atoms with Gasteiger partial charge in [0.1, 0.15) is 0 Å². The van der Waals surface area contributed by atoms with Crippen molar-refractivity contribution in [3.8, 4) is 0 Å². The van der Waals surface area contributed by atoms with Crippen molar-refractivity contribution >= 4 is 17.3 Å². The van der Waals surface area contributed by atoms with Crippen LogP contribution in [-0.2, 0) is 6.18 Å². The summed E-state index contributed by atoms with van der Waals surface area (Å²) in [6, 6.07) is 3.33. The third-order valence-corrected chi connectivity index (χ3v) is 2.90. The summed E-state index contributed by atoms with van der Waals surface area (Å²) in [6.07, 6.45) is -2.03. The number of benzene rings is 1. The Balaban J connectivity index is 2.14. The average Bonchev–Trinajstić information content (AvgIpc) is 2.98. The summed E-state index contributed by atoms with van der Waals surface area (Å²) in [4.78, 5) is 0. The highest BCUT2D eigenvalue weighted by Crippen LogP contribution is 2.35. The number of halogens is 4. The molecule has 0 spiro atoms. The van der Waals surface area contributed by atoms with Gasteiger partial charge in [-0.1, -0.05) is 11.6 Å². The lowest BCUT2D eigenvalue weighted by Gasteiger charge is -2.11. The van der Waals surface area contributed by atoms with Gasteiger partial charge in [0.05, 0.1) is 16.3 Å². The first-order chi connectivity index (χ1) is 7.47. The topological polar surface area (TPSA) is 12.0 Å². The average molecular weight is 250 g/mol. The minimum absolute atomic E-state index is 0.327. The summed E-state index contributed by atoms with van der Waals surface area (Å²) in [5.74, 6) is 0.589. The second-order valence-corrected chi connectivity index (χ2v) is 4.42. The Morgan fingerprint density at radius 3 is 2.56 bits per heavy atom. The van der Waals surface area contributed by atoms with E-state index in [1.165, 1.54) is 6.07 Å². The van der Waals surface area contributed by atoms with Crippen LogP contribution in [0.5, 0.6) is 0 Å². The first-order valence-electron chi connectivity index (χ1n) is 5.07. The van der Waals surface area contributed by atoms with Crippen LogP contribution in [0.3, 0.4) is 0 Å². The highest BCUT2D eigenvalue weighted by atomic mass is 35.5. The van der Waals surface area contributed by atoms with Crippen LogP contribution in [0, 0.1) is 5.92 Å². The van der Waals surface area contributed by atoms with E-state index < -0.39 is 11.7 Å². The maximum atomic E-state index is 12.4. The van der Waals surface area contributed by atoms with E-state index in [4.69, 9.17) is 11.6 Å². The molecule has 88 valence electrons. The molecule has 0 aromatic heterocycles. The van der Waals surface area contributed by atoms with Crippen LogP contribution in [0.2, 0.25) is 5.02 Å². The zero-order valence-electron chi connectivity index (χ0n) is 8.44. The summed E-state index contributed by atoms with van der Waals surface area (Å²) in [7, 11) is 0. The van der Waals surface area contributed by atoms with Crippen molar-refractivity contribution in [2.24, 2.45) is 5.92 Å². The molecule has 1 fully saturated rings. The summed E-state index contributed by atoms with van der Waals surface area (Å²) in [5.41, 5.74) is -0.307. The van der Waals surface area contributed by atoms with Crippen molar-refractivity contribution in [3.05, 3.63) is 28.8 Å². The molecule has 0 atom stereocenters. The van der Waals surface area contributed by atoms with Gasteiger partial charge in [-0.2, -0.15) is 13.2 Å². The smallest absolute Gasteiger partial charge is 0.384 e. The molecule has 0 saturated heterocycles. The fourth-order valence-corrected chi connectivity index (χ4v) is 1.60. The summed E-state index contributed by atoms with van der Waals surface area (Å²) < 4.78 is 37.3. The molecule has 0 bridgehead atoms. The Kier molecular flexibility index (Phi) is 3.02. The third-order valence-electron chi connectivity index (χ3n) is 2.57. The molecule has 0 aliphatic heterocycles. The summed E-state index contributed by atoms with van der Waals surface area (Å²) in [6.45, 7) is 0.695. The van der Waals surface area contributed by atoms with E-state index in [-0.39, 0.29) is 0 Å². The monoisotopic (exact) mass is 249 g/mol. The predicted molar refractivity (Wildman–Crippen MR) is 57.7 cm³/mol. The van der Waals surface area contributed by atoms with Gasteiger partial charge in [0.2, 0.25) is 0 Å². The fraction of sp³-hybridized carbons (Fsp3) is 0.455. The lowest BCUT2D eigenvalue weighted by molar-refractivity contribution is -0.137. The first-order valence-corrected chi connectivity index (χ1v) is 5.45. The van der Waals surface area contributed by atoms with Crippen molar-refractivity contribution in [2.75, 3.05) is 11.9 Å². The summed E-state index contributed by atoms with van der Waals surface area (Å²) in [5, 5.41) is 3.28. The van der Waals surface area contributed by atoms with E-state index in [1.54, 1.807) is 0 Å². The predicted octanol–water partition coefficient (Wildman–Crippen LogP) is 4.18. The Hall–Kier alpha value is -0.900. The van der Waals surface area contributed by atoms with Crippen LogP contribution in [0.1, 0.15) is 18.4 Å². The van der Waals surface area contributed by atoms with Gasteiger partial charge in [-0.25, -0.2) is 0 Å². The molecule has 2 rings (SSSR count). The molecule has 0 unspecified atom stereocenters. The van der Waals surface area contributed by atoms with Crippen molar-refractivity contribution < 1.29 is 13.2 Å². The van der Waals surface area contributed by atoms with E-state index in [0.717, 1.165) is 25.0 Å². The van der Waals surface area contributed by atoms with Crippen molar-refractivity contribution in [1.29, 1.82) is 0 Å². The standard InChI is InChI=1S/C11H11ClF3N/c12-9-4-3-8(11(13,14)15)5-10(9)16-6-7-1-2-7/h3-5,7,16H,1-2,6H2. The number of hydrogen-bond acceptors (Lipinski definition) is 1. The van der Waals surface area contributed by atoms with E-state index in [9.17, 15) is 13.2 Å². The molecular weight excluding hydrogens is 239 g/mol. The molecule has 1 aliphatic carbocycles. The third kappa shape index (κ3) is 2.82.